The highest BCUT2D eigenvalue weighted by Crippen LogP contribution is 2.31. The van der Waals surface area contributed by atoms with E-state index in [-0.39, 0.29) is 18.5 Å². The molecule has 0 unspecified atom stereocenters. The van der Waals surface area contributed by atoms with Crippen LogP contribution in [0.25, 0.3) is 11.4 Å². The van der Waals surface area contributed by atoms with Gasteiger partial charge in [0.2, 0.25) is 5.91 Å². The average Bonchev–Trinajstić information content (AvgIpc) is 3.07. The number of nitrogens with zero attached hydrogens (tertiary/aromatic N) is 5. The SMILES string of the molecule is COc1cc(N2CCN(C(=O)Cn3nc(-c4cc(C)ccn4)c(Cl)c3C)[C@@H](C)C2)ccc1Cl. The molecule has 0 spiro atoms. The minimum Gasteiger partial charge on any atom is -0.495 e. The molecule has 4 rings (SSSR count). The van der Waals surface area contributed by atoms with Gasteiger partial charge in [-0.3, -0.25) is 14.5 Å². The average molecular weight is 488 g/mol. The number of ether oxygens (including phenoxy) is 1. The Hall–Kier alpha value is -2.77. The molecule has 174 valence electrons. The lowest BCUT2D eigenvalue weighted by Gasteiger charge is -2.41. The third-order valence-corrected chi connectivity index (χ3v) is 6.79. The zero-order valence-corrected chi connectivity index (χ0v) is 20.7. The topological polar surface area (TPSA) is 63.5 Å². The van der Waals surface area contributed by atoms with Crippen molar-refractivity contribution < 1.29 is 9.53 Å². The number of hydrogen-bond donors (Lipinski definition) is 0. The van der Waals surface area contributed by atoms with Crippen LogP contribution in [0.5, 0.6) is 5.75 Å². The van der Waals surface area contributed by atoms with Crippen molar-refractivity contribution in [1.82, 2.24) is 19.7 Å². The van der Waals surface area contributed by atoms with Gasteiger partial charge in [-0.05, 0) is 50.6 Å². The maximum absolute atomic E-state index is 13.2. The van der Waals surface area contributed by atoms with Crippen LogP contribution in [-0.2, 0) is 11.3 Å². The van der Waals surface area contributed by atoms with Crippen molar-refractivity contribution in [2.75, 3.05) is 31.6 Å². The van der Waals surface area contributed by atoms with E-state index in [1.165, 1.54) is 0 Å². The fourth-order valence-electron chi connectivity index (χ4n) is 4.13. The standard InChI is InChI=1S/C24H27Cl2N5O2/c1-15-7-8-27-20(11-15)24-23(26)17(3)31(28-24)14-22(32)30-10-9-29(13-16(30)2)18-5-6-19(25)21(12-18)33-4/h5-8,11-12,16H,9-10,13-14H2,1-4H3/t16-/m0/s1. The lowest BCUT2D eigenvalue weighted by molar-refractivity contribution is -0.134. The van der Waals surface area contributed by atoms with Crippen LogP contribution in [0.3, 0.4) is 0 Å². The second kappa shape index (κ2) is 9.61. The zero-order valence-electron chi connectivity index (χ0n) is 19.2. The van der Waals surface area contributed by atoms with Gasteiger partial charge in [-0.2, -0.15) is 5.10 Å². The molecular formula is C24H27Cl2N5O2. The van der Waals surface area contributed by atoms with E-state index in [0.717, 1.165) is 23.5 Å². The van der Waals surface area contributed by atoms with Gasteiger partial charge in [0.1, 0.15) is 18.0 Å². The van der Waals surface area contributed by atoms with Crippen molar-refractivity contribution in [3.63, 3.8) is 0 Å². The highest BCUT2D eigenvalue weighted by molar-refractivity contribution is 6.33. The summed E-state index contributed by atoms with van der Waals surface area (Å²) in [4.78, 5) is 21.7. The quantitative estimate of drug-likeness (QED) is 0.525. The number of amides is 1. The molecule has 1 aromatic carbocycles. The van der Waals surface area contributed by atoms with Gasteiger partial charge in [-0.1, -0.05) is 23.2 Å². The summed E-state index contributed by atoms with van der Waals surface area (Å²) in [6.07, 6.45) is 1.73. The third-order valence-electron chi connectivity index (χ3n) is 6.02. The molecule has 3 heterocycles. The number of rotatable bonds is 5. The fraction of sp³-hybridized carbons (Fsp3) is 0.375. The predicted molar refractivity (Wildman–Crippen MR) is 131 cm³/mol. The summed E-state index contributed by atoms with van der Waals surface area (Å²) in [5.74, 6) is 0.659. The van der Waals surface area contributed by atoms with E-state index in [0.29, 0.717) is 40.3 Å². The predicted octanol–water partition coefficient (Wildman–Crippen LogP) is 4.61. The smallest absolute Gasteiger partial charge is 0.244 e. The minimum atomic E-state index is 0.0156. The highest BCUT2D eigenvalue weighted by atomic mass is 35.5. The Morgan fingerprint density at radius 1 is 1.18 bits per heavy atom. The van der Waals surface area contributed by atoms with Crippen molar-refractivity contribution >= 4 is 34.8 Å². The molecule has 0 aliphatic carbocycles. The van der Waals surface area contributed by atoms with Gasteiger partial charge >= 0.3 is 0 Å². The van der Waals surface area contributed by atoms with E-state index >= 15 is 0 Å². The molecule has 0 radical (unpaired) electrons. The number of aromatic nitrogens is 3. The van der Waals surface area contributed by atoms with Gasteiger partial charge in [0.15, 0.2) is 0 Å². The van der Waals surface area contributed by atoms with E-state index in [2.05, 4.69) is 21.9 Å². The molecule has 9 heteroatoms. The minimum absolute atomic E-state index is 0.0156. The number of aryl methyl sites for hydroxylation is 1. The highest BCUT2D eigenvalue weighted by Gasteiger charge is 2.29. The van der Waals surface area contributed by atoms with Crippen molar-refractivity contribution in [3.8, 4) is 17.1 Å². The summed E-state index contributed by atoms with van der Waals surface area (Å²) in [7, 11) is 1.61. The lowest BCUT2D eigenvalue weighted by Crippen LogP contribution is -2.54. The Balaban J connectivity index is 1.46. The summed E-state index contributed by atoms with van der Waals surface area (Å²) < 4.78 is 7.02. The van der Waals surface area contributed by atoms with Crippen molar-refractivity contribution in [3.05, 3.63) is 57.8 Å². The number of hydrogen-bond acceptors (Lipinski definition) is 5. The molecule has 1 aliphatic rings. The number of benzene rings is 1. The molecule has 2 aromatic heterocycles. The van der Waals surface area contributed by atoms with Crippen LogP contribution in [0.4, 0.5) is 5.69 Å². The van der Waals surface area contributed by atoms with Crippen molar-refractivity contribution in [2.24, 2.45) is 0 Å². The first-order chi connectivity index (χ1) is 15.8. The molecule has 0 N–H and O–H groups in total. The first-order valence-corrected chi connectivity index (χ1v) is 11.6. The Labute approximate surface area is 203 Å². The maximum Gasteiger partial charge on any atom is 0.244 e. The number of piperazine rings is 1. The number of carbonyl (C=O) groups excluding carboxylic acids is 1. The Kier molecular flexibility index (Phi) is 6.81. The third kappa shape index (κ3) is 4.80. The normalized spacial score (nSPS) is 16.2. The van der Waals surface area contributed by atoms with E-state index in [1.54, 1.807) is 18.0 Å². The number of anilines is 1. The Bertz CT molecular complexity index is 1180. The number of pyridine rings is 1. The molecule has 1 amide bonds. The summed E-state index contributed by atoms with van der Waals surface area (Å²) in [6.45, 7) is 8.11. The lowest BCUT2D eigenvalue weighted by atomic mass is 10.1. The summed E-state index contributed by atoms with van der Waals surface area (Å²) in [6, 6.07) is 9.65. The van der Waals surface area contributed by atoms with Gasteiger partial charge in [-0.15, -0.1) is 0 Å². The fourth-order valence-corrected chi connectivity index (χ4v) is 4.56. The monoisotopic (exact) mass is 487 g/mol. The van der Waals surface area contributed by atoms with Crippen LogP contribution in [0, 0.1) is 13.8 Å². The van der Waals surface area contributed by atoms with Gasteiger partial charge in [0.25, 0.3) is 0 Å². The van der Waals surface area contributed by atoms with Crippen molar-refractivity contribution in [2.45, 2.75) is 33.4 Å². The molecule has 1 saturated heterocycles. The maximum atomic E-state index is 13.2. The van der Waals surface area contributed by atoms with Crippen LogP contribution >= 0.6 is 23.2 Å². The largest absolute Gasteiger partial charge is 0.495 e. The van der Waals surface area contributed by atoms with Crippen LogP contribution in [0.2, 0.25) is 10.0 Å². The molecule has 33 heavy (non-hydrogen) atoms. The molecule has 3 aromatic rings. The molecule has 0 saturated carbocycles. The van der Waals surface area contributed by atoms with Gasteiger partial charge < -0.3 is 14.5 Å². The molecular weight excluding hydrogens is 461 g/mol. The Morgan fingerprint density at radius 3 is 2.67 bits per heavy atom. The number of halogens is 2. The van der Waals surface area contributed by atoms with E-state index in [9.17, 15) is 4.79 Å². The van der Waals surface area contributed by atoms with E-state index < -0.39 is 0 Å². The molecule has 1 atom stereocenters. The molecule has 0 bridgehead atoms. The van der Waals surface area contributed by atoms with Gasteiger partial charge in [0, 0.05) is 43.6 Å². The molecule has 1 fully saturated rings. The summed E-state index contributed by atoms with van der Waals surface area (Å²) >= 11 is 12.7. The summed E-state index contributed by atoms with van der Waals surface area (Å²) in [5, 5.41) is 5.71. The number of methoxy groups -OCH3 is 1. The summed E-state index contributed by atoms with van der Waals surface area (Å²) in [5.41, 5.74) is 4.15. The van der Waals surface area contributed by atoms with Crippen LogP contribution in [0.15, 0.2) is 36.5 Å². The van der Waals surface area contributed by atoms with Gasteiger partial charge in [-0.25, -0.2) is 0 Å². The van der Waals surface area contributed by atoms with Crippen LogP contribution in [0.1, 0.15) is 18.2 Å². The molecule has 1 aliphatic heterocycles. The number of carbonyl (C=O) groups is 1. The van der Waals surface area contributed by atoms with Crippen LogP contribution < -0.4 is 9.64 Å². The zero-order chi connectivity index (χ0) is 23.7. The van der Waals surface area contributed by atoms with Gasteiger partial charge in [0.05, 0.1) is 28.5 Å². The van der Waals surface area contributed by atoms with E-state index in [1.807, 2.05) is 49.1 Å². The second-order valence-electron chi connectivity index (χ2n) is 8.33. The van der Waals surface area contributed by atoms with Crippen LogP contribution in [-0.4, -0.2) is 58.4 Å². The molecule has 7 nitrogen and oxygen atoms in total. The second-order valence-corrected chi connectivity index (χ2v) is 9.11. The van der Waals surface area contributed by atoms with E-state index in [4.69, 9.17) is 27.9 Å². The first kappa shape index (κ1) is 23.4. The van der Waals surface area contributed by atoms with Crippen molar-refractivity contribution in [1.29, 1.82) is 0 Å². The Morgan fingerprint density at radius 2 is 1.97 bits per heavy atom. The first-order valence-electron chi connectivity index (χ1n) is 10.8.